The standard InChI is InChI=1S/C17H27N3O2/c1-13(2)12-22-16-8-4-3-6-14(16)10-20-9-5-7-15(11-20)17(21)19-18/h3-4,6,8,13,15H,5,7,9-12,18H2,1-2H3,(H,19,21). The molecule has 1 atom stereocenters. The third-order valence-corrected chi connectivity index (χ3v) is 3.96. The number of carbonyl (C=O) groups excluding carboxylic acids is 1. The van der Waals surface area contributed by atoms with Gasteiger partial charge < -0.3 is 4.74 Å². The van der Waals surface area contributed by atoms with Crippen LogP contribution in [0.1, 0.15) is 32.3 Å². The Labute approximate surface area is 132 Å². The lowest BCUT2D eigenvalue weighted by molar-refractivity contribution is -0.126. The molecule has 122 valence electrons. The van der Waals surface area contributed by atoms with E-state index in [2.05, 4.69) is 30.2 Å². The topological polar surface area (TPSA) is 67.6 Å². The second-order valence-electron chi connectivity index (χ2n) is 6.40. The predicted molar refractivity (Wildman–Crippen MR) is 87.1 cm³/mol. The summed E-state index contributed by atoms with van der Waals surface area (Å²) in [5.41, 5.74) is 3.45. The van der Waals surface area contributed by atoms with Gasteiger partial charge >= 0.3 is 0 Å². The Balaban J connectivity index is 1.99. The maximum atomic E-state index is 11.7. The van der Waals surface area contributed by atoms with Crippen molar-refractivity contribution in [1.29, 1.82) is 0 Å². The lowest BCUT2D eigenvalue weighted by Crippen LogP contribution is -2.44. The van der Waals surface area contributed by atoms with Crippen molar-refractivity contribution in [3.8, 4) is 5.75 Å². The molecular formula is C17H27N3O2. The number of nitrogens with zero attached hydrogens (tertiary/aromatic N) is 1. The molecule has 1 aromatic rings. The van der Waals surface area contributed by atoms with Gasteiger partial charge in [0.25, 0.3) is 0 Å². The number of rotatable bonds is 6. The van der Waals surface area contributed by atoms with Crippen molar-refractivity contribution < 1.29 is 9.53 Å². The highest BCUT2D eigenvalue weighted by Gasteiger charge is 2.25. The molecule has 0 aromatic heterocycles. The monoisotopic (exact) mass is 305 g/mol. The molecule has 1 unspecified atom stereocenters. The Morgan fingerprint density at radius 1 is 1.45 bits per heavy atom. The Morgan fingerprint density at radius 2 is 2.23 bits per heavy atom. The Bertz CT molecular complexity index is 491. The number of benzene rings is 1. The van der Waals surface area contributed by atoms with Crippen LogP contribution < -0.4 is 16.0 Å². The number of hydrogen-bond acceptors (Lipinski definition) is 4. The number of hydrogen-bond donors (Lipinski definition) is 2. The summed E-state index contributed by atoms with van der Waals surface area (Å²) in [5, 5.41) is 0. The Morgan fingerprint density at radius 3 is 2.95 bits per heavy atom. The fraction of sp³-hybridized carbons (Fsp3) is 0.588. The van der Waals surface area contributed by atoms with Gasteiger partial charge in [-0.2, -0.15) is 0 Å². The van der Waals surface area contributed by atoms with Gasteiger partial charge in [-0.25, -0.2) is 5.84 Å². The maximum Gasteiger partial charge on any atom is 0.238 e. The number of likely N-dealkylation sites (tertiary alicyclic amines) is 1. The van der Waals surface area contributed by atoms with Crippen LogP contribution in [0.3, 0.4) is 0 Å². The summed E-state index contributed by atoms with van der Waals surface area (Å²) >= 11 is 0. The predicted octanol–water partition coefficient (Wildman–Crippen LogP) is 1.92. The van der Waals surface area contributed by atoms with E-state index in [1.807, 2.05) is 18.2 Å². The van der Waals surface area contributed by atoms with Crippen LogP contribution in [0, 0.1) is 11.8 Å². The minimum atomic E-state index is -0.0611. The summed E-state index contributed by atoms with van der Waals surface area (Å²) in [6, 6.07) is 8.15. The molecule has 1 fully saturated rings. The molecule has 1 aromatic carbocycles. The van der Waals surface area contributed by atoms with E-state index >= 15 is 0 Å². The van der Waals surface area contributed by atoms with Crippen LogP contribution in [0.5, 0.6) is 5.75 Å². The molecule has 0 saturated carbocycles. The summed E-state index contributed by atoms with van der Waals surface area (Å²) in [6.07, 6.45) is 1.93. The summed E-state index contributed by atoms with van der Waals surface area (Å²) < 4.78 is 5.91. The average molecular weight is 305 g/mol. The smallest absolute Gasteiger partial charge is 0.238 e. The first-order chi connectivity index (χ1) is 10.6. The maximum absolute atomic E-state index is 11.7. The van der Waals surface area contributed by atoms with Crippen LogP contribution in [0.25, 0.3) is 0 Å². The van der Waals surface area contributed by atoms with E-state index in [0.717, 1.165) is 44.8 Å². The highest BCUT2D eigenvalue weighted by Crippen LogP contribution is 2.24. The van der Waals surface area contributed by atoms with E-state index in [0.29, 0.717) is 5.92 Å². The first kappa shape index (κ1) is 16.8. The second-order valence-corrected chi connectivity index (χ2v) is 6.40. The number of piperidine rings is 1. The number of nitrogens with two attached hydrogens (primary N) is 1. The van der Waals surface area contributed by atoms with Crippen molar-refractivity contribution in [3.63, 3.8) is 0 Å². The van der Waals surface area contributed by atoms with Gasteiger partial charge in [0.15, 0.2) is 0 Å². The molecule has 0 bridgehead atoms. The number of hydrazine groups is 1. The van der Waals surface area contributed by atoms with Crippen molar-refractivity contribution in [2.24, 2.45) is 17.7 Å². The fourth-order valence-electron chi connectivity index (χ4n) is 2.80. The van der Waals surface area contributed by atoms with Crippen molar-refractivity contribution in [2.45, 2.75) is 33.2 Å². The first-order valence-corrected chi connectivity index (χ1v) is 8.03. The Kier molecular flexibility index (Phi) is 6.21. The molecule has 3 N–H and O–H groups in total. The van der Waals surface area contributed by atoms with E-state index in [9.17, 15) is 4.79 Å². The molecule has 0 radical (unpaired) electrons. The quantitative estimate of drug-likeness (QED) is 0.479. The lowest BCUT2D eigenvalue weighted by Gasteiger charge is -2.32. The molecule has 5 nitrogen and oxygen atoms in total. The molecule has 1 amide bonds. The summed E-state index contributed by atoms with van der Waals surface area (Å²) in [6.45, 7) is 7.57. The van der Waals surface area contributed by atoms with Gasteiger partial charge in [0.2, 0.25) is 5.91 Å². The minimum Gasteiger partial charge on any atom is -0.493 e. The largest absolute Gasteiger partial charge is 0.493 e. The molecule has 1 heterocycles. The lowest BCUT2D eigenvalue weighted by atomic mass is 9.97. The molecule has 1 aliphatic rings. The molecule has 2 rings (SSSR count). The highest BCUT2D eigenvalue weighted by molar-refractivity contribution is 5.78. The van der Waals surface area contributed by atoms with Gasteiger partial charge in [-0.3, -0.25) is 15.1 Å². The third kappa shape index (κ3) is 4.71. The molecule has 22 heavy (non-hydrogen) atoms. The zero-order valence-electron chi connectivity index (χ0n) is 13.5. The second kappa shape index (κ2) is 8.15. The van der Waals surface area contributed by atoms with Crippen LogP contribution in [0.15, 0.2) is 24.3 Å². The minimum absolute atomic E-state index is 0.0116. The average Bonchev–Trinajstić information content (AvgIpc) is 2.53. The summed E-state index contributed by atoms with van der Waals surface area (Å²) in [7, 11) is 0. The Hall–Kier alpha value is -1.59. The van der Waals surface area contributed by atoms with Crippen molar-refractivity contribution >= 4 is 5.91 Å². The van der Waals surface area contributed by atoms with Gasteiger partial charge in [0, 0.05) is 18.7 Å². The summed E-state index contributed by atoms with van der Waals surface area (Å²) in [5.74, 6) is 6.63. The van der Waals surface area contributed by atoms with E-state index in [4.69, 9.17) is 10.6 Å². The van der Waals surface area contributed by atoms with Crippen LogP contribution in [0.4, 0.5) is 0 Å². The third-order valence-electron chi connectivity index (χ3n) is 3.96. The molecule has 1 saturated heterocycles. The first-order valence-electron chi connectivity index (χ1n) is 8.03. The van der Waals surface area contributed by atoms with E-state index in [1.54, 1.807) is 0 Å². The van der Waals surface area contributed by atoms with E-state index in [1.165, 1.54) is 5.56 Å². The van der Waals surface area contributed by atoms with Gasteiger partial charge in [0.1, 0.15) is 5.75 Å². The zero-order chi connectivity index (χ0) is 15.9. The van der Waals surface area contributed by atoms with Gasteiger partial charge in [-0.05, 0) is 31.4 Å². The van der Waals surface area contributed by atoms with Crippen LogP contribution in [0.2, 0.25) is 0 Å². The van der Waals surface area contributed by atoms with Crippen LogP contribution in [-0.2, 0) is 11.3 Å². The fourth-order valence-corrected chi connectivity index (χ4v) is 2.80. The van der Waals surface area contributed by atoms with Crippen LogP contribution in [-0.4, -0.2) is 30.5 Å². The highest BCUT2D eigenvalue weighted by atomic mass is 16.5. The van der Waals surface area contributed by atoms with Crippen LogP contribution >= 0.6 is 0 Å². The molecular weight excluding hydrogens is 278 g/mol. The van der Waals surface area contributed by atoms with Crippen molar-refractivity contribution in [2.75, 3.05) is 19.7 Å². The number of para-hydroxylation sites is 1. The number of amides is 1. The molecule has 5 heteroatoms. The number of ether oxygens (including phenoxy) is 1. The van der Waals surface area contributed by atoms with Gasteiger partial charge in [0.05, 0.1) is 12.5 Å². The van der Waals surface area contributed by atoms with Crippen molar-refractivity contribution in [1.82, 2.24) is 10.3 Å². The van der Waals surface area contributed by atoms with Crippen molar-refractivity contribution in [3.05, 3.63) is 29.8 Å². The summed E-state index contributed by atoms with van der Waals surface area (Å²) in [4.78, 5) is 14.0. The number of nitrogens with one attached hydrogen (secondary N) is 1. The molecule has 0 spiro atoms. The van der Waals surface area contributed by atoms with Gasteiger partial charge in [-0.15, -0.1) is 0 Å². The molecule has 0 aliphatic carbocycles. The van der Waals surface area contributed by atoms with E-state index < -0.39 is 0 Å². The van der Waals surface area contributed by atoms with E-state index in [-0.39, 0.29) is 11.8 Å². The van der Waals surface area contributed by atoms with Gasteiger partial charge in [-0.1, -0.05) is 32.0 Å². The zero-order valence-corrected chi connectivity index (χ0v) is 13.5. The normalized spacial score (nSPS) is 19.2. The number of carbonyl (C=O) groups is 1. The molecule has 1 aliphatic heterocycles. The SMILES string of the molecule is CC(C)COc1ccccc1CN1CCCC(C(=O)NN)C1.